The zero-order valence-electron chi connectivity index (χ0n) is 18.9. The first kappa shape index (κ1) is 22.5. The predicted molar refractivity (Wildman–Crippen MR) is 116 cm³/mol. The van der Waals surface area contributed by atoms with Crippen LogP contribution in [-0.2, 0) is 4.74 Å². The minimum absolute atomic E-state index is 0.137. The first-order valence-corrected chi connectivity index (χ1v) is 11.6. The number of hydrogen-bond acceptors (Lipinski definition) is 6. The van der Waals surface area contributed by atoms with E-state index in [2.05, 4.69) is 28.5 Å². The van der Waals surface area contributed by atoms with Crippen LogP contribution in [0.3, 0.4) is 0 Å². The van der Waals surface area contributed by atoms with Crippen LogP contribution in [0.2, 0.25) is 0 Å². The number of alkyl halides is 3. The lowest BCUT2D eigenvalue weighted by Crippen LogP contribution is -2.36. The third-order valence-electron chi connectivity index (χ3n) is 7.18. The molecule has 2 unspecified atom stereocenters. The second-order valence-corrected chi connectivity index (χ2v) is 9.68. The normalized spacial score (nSPS) is 28.1. The van der Waals surface area contributed by atoms with E-state index in [1.165, 1.54) is 18.7 Å². The van der Waals surface area contributed by atoms with Crippen LogP contribution in [0, 0.1) is 11.8 Å². The fourth-order valence-corrected chi connectivity index (χ4v) is 5.62. The smallest absolute Gasteiger partial charge is 0.402 e. The number of nitrogen functional groups attached to an aromatic ring is 1. The van der Waals surface area contributed by atoms with Gasteiger partial charge in [-0.15, -0.1) is 13.2 Å². The Bertz CT molecular complexity index is 988. The fourth-order valence-electron chi connectivity index (χ4n) is 5.62. The lowest BCUT2D eigenvalue weighted by molar-refractivity contribution is -0.274. The van der Waals surface area contributed by atoms with Crippen LogP contribution < -0.4 is 10.5 Å². The molecule has 7 nitrogen and oxygen atoms in total. The van der Waals surface area contributed by atoms with E-state index >= 15 is 0 Å². The number of nitrogens with two attached hydrogens (primary N) is 1. The molecular formula is C23H30F3N5O2. The van der Waals surface area contributed by atoms with Crippen molar-refractivity contribution in [1.82, 2.24) is 19.7 Å². The topological polar surface area (TPSA) is 78.4 Å². The van der Waals surface area contributed by atoms with Crippen molar-refractivity contribution >= 4 is 5.82 Å². The maximum absolute atomic E-state index is 12.7. The van der Waals surface area contributed by atoms with E-state index in [1.807, 2.05) is 10.7 Å². The van der Waals surface area contributed by atoms with Crippen molar-refractivity contribution in [2.45, 2.75) is 63.9 Å². The highest BCUT2D eigenvalue weighted by atomic mass is 19.4. The van der Waals surface area contributed by atoms with Crippen LogP contribution in [0.25, 0.3) is 11.3 Å². The molecule has 180 valence electrons. The maximum Gasteiger partial charge on any atom is 0.573 e. The Morgan fingerprint density at radius 2 is 1.94 bits per heavy atom. The lowest BCUT2D eigenvalue weighted by Gasteiger charge is -2.28. The number of pyridine rings is 1. The molecule has 2 aromatic heterocycles. The number of halogens is 3. The van der Waals surface area contributed by atoms with Gasteiger partial charge in [-0.1, -0.05) is 0 Å². The molecule has 5 rings (SSSR count). The highest BCUT2D eigenvalue weighted by Gasteiger charge is 2.58. The van der Waals surface area contributed by atoms with Gasteiger partial charge in [-0.2, -0.15) is 5.10 Å². The zero-order chi connectivity index (χ0) is 23.3. The summed E-state index contributed by atoms with van der Waals surface area (Å²) in [6.45, 7) is 6.82. The van der Waals surface area contributed by atoms with Gasteiger partial charge in [-0.3, -0.25) is 9.58 Å². The largest absolute Gasteiger partial charge is 0.573 e. The van der Waals surface area contributed by atoms with Crippen molar-refractivity contribution < 1.29 is 22.6 Å². The molecule has 1 saturated heterocycles. The standard InChI is InChI=1S/C23H30F3N5O2/c1-13(2)31-19(21-16-8-15(9-17(16)21)30-5-3-4-6-32-12-30)10-18(29-31)14-7-20(22(27)28-11-14)33-23(24,25)26/h7,10-11,13,15-17,21H,3-6,8-9,12H2,1-2H3,(H2,27,28). The molecule has 3 aliphatic rings. The van der Waals surface area contributed by atoms with Gasteiger partial charge in [0.1, 0.15) is 0 Å². The van der Waals surface area contributed by atoms with Crippen molar-refractivity contribution in [2.75, 3.05) is 25.6 Å². The van der Waals surface area contributed by atoms with E-state index in [9.17, 15) is 13.2 Å². The monoisotopic (exact) mass is 465 g/mol. The Morgan fingerprint density at radius 1 is 1.18 bits per heavy atom. The number of ether oxygens (including phenoxy) is 2. The summed E-state index contributed by atoms with van der Waals surface area (Å²) < 4.78 is 50.0. The molecule has 2 saturated carbocycles. The Morgan fingerprint density at radius 3 is 2.64 bits per heavy atom. The van der Waals surface area contributed by atoms with Crippen LogP contribution in [-0.4, -0.2) is 52.0 Å². The molecule has 2 aliphatic carbocycles. The number of anilines is 1. The molecule has 2 aromatic rings. The summed E-state index contributed by atoms with van der Waals surface area (Å²) in [6, 6.07) is 3.97. The van der Waals surface area contributed by atoms with Gasteiger partial charge in [-0.05, 0) is 63.5 Å². The van der Waals surface area contributed by atoms with Gasteiger partial charge >= 0.3 is 6.36 Å². The summed E-state index contributed by atoms with van der Waals surface area (Å²) >= 11 is 0. The summed E-state index contributed by atoms with van der Waals surface area (Å²) in [4.78, 5) is 6.39. The van der Waals surface area contributed by atoms with E-state index in [1.54, 1.807) is 0 Å². The number of nitrogens with zero attached hydrogens (tertiary/aromatic N) is 4. The van der Waals surface area contributed by atoms with E-state index in [0.717, 1.165) is 44.8 Å². The van der Waals surface area contributed by atoms with Crippen molar-refractivity contribution in [3.05, 3.63) is 24.0 Å². The second-order valence-electron chi connectivity index (χ2n) is 9.68. The number of hydrogen-bond donors (Lipinski definition) is 1. The van der Waals surface area contributed by atoms with Gasteiger partial charge in [0.15, 0.2) is 11.6 Å². The molecule has 0 bridgehead atoms. The van der Waals surface area contributed by atoms with E-state index in [0.29, 0.717) is 35.1 Å². The van der Waals surface area contributed by atoms with Gasteiger partial charge in [0, 0.05) is 48.6 Å². The molecule has 0 spiro atoms. The first-order valence-electron chi connectivity index (χ1n) is 11.6. The van der Waals surface area contributed by atoms with Crippen LogP contribution in [0.1, 0.15) is 57.2 Å². The fraction of sp³-hybridized carbons (Fsp3) is 0.652. The number of rotatable bonds is 5. The third kappa shape index (κ3) is 4.55. The van der Waals surface area contributed by atoms with Crippen molar-refractivity contribution in [2.24, 2.45) is 11.8 Å². The molecule has 3 heterocycles. The van der Waals surface area contributed by atoms with Gasteiger partial charge in [0.25, 0.3) is 0 Å². The van der Waals surface area contributed by atoms with Crippen molar-refractivity contribution in [3.8, 4) is 17.0 Å². The number of aromatic nitrogens is 3. The molecule has 1 aliphatic heterocycles. The van der Waals surface area contributed by atoms with Crippen molar-refractivity contribution in [3.63, 3.8) is 0 Å². The predicted octanol–water partition coefficient (Wildman–Crippen LogP) is 4.57. The summed E-state index contributed by atoms with van der Waals surface area (Å²) in [5.74, 6) is 0.861. The molecular weight excluding hydrogens is 435 g/mol. The van der Waals surface area contributed by atoms with Crippen LogP contribution >= 0.6 is 0 Å². The second kappa shape index (κ2) is 8.47. The Balaban J connectivity index is 1.35. The maximum atomic E-state index is 12.7. The molecule has 2 atom stereocenters. The summed E-state index contributed by atoms with van der Waals surface area (Å²) in [5, 5.41) is 4.73. The molecule has 0 amide bonds. The SMILES string of the molecule is CC(C)n1nc(-c2cnc(N)c(OC(F)(F)F)c2)cc1C1C2CC(N3CCCCOC3)CC21. The van der Waals surface area contributed by atoms with Gasteiger partial charge < -0.3 is 15.2 Å². The zero-order valence-corrected chi connectivity index (χ0v) is 18.9. The Labute approximate surface area is 191 Å². The quantitative estimate of drug-likeness (QED) is 0.697. The van der Waals surface area contributed by atoms with E-state index in [4.69, 9.17) is 15.6 Å². The molecule has 0 radical (unpaired) electrons. The van der Waals surface area contributed by atoms with Gasteiger partial charge in [0.05, 0.1) is 12.4 Å². The number of fused-ring (bicyclic) bond motifs is 1. The van der Waals surface area contributed by atoms with Crippen LogP contribution in [0.15, 0.2) is 18.3 Å². The third-order valence-corrected chi connectivity index (χ3v) is 7.18. The molecule has 2 N–H and O–H groups in total. The van der Waals surface area contributed by atoms with Crippen molar-refractivity contribution in [1.29, 1.82) is 0 Å². The average Bonchev–Trinajstić information content (AvgIpc) is 3.08. The molecule has 3 fully saturated rings. The average molecular weight is 466 g/mol. The molecule has 33 heavy (non-hydrogen) atoms. The highest BCUT2D eigenvalue weighted by Crippen LogP contribution is 2.64. The van der Waals surface area contributed by atoms with Crippen LogP contribution in [0.5, 0.6) is 5.75 Å². The van der Waals surface area contributed by atoms with Gasteiger partial charge in [-0.25, -0.2) is 4.98 Å². The summed E-state index contributed by atoms with van der Waals surface area (Å²) in [6.07, 6.45) is 1.24. The Kier molecular flexibility index (Phi) is 5.76. The first-order chi connectivity index (χ1) is 15.7. The molecule has 0 aromatic carbocycles. The highest BCUT2D eigenvalue weighted by molar-refractivity contribution is 5.64. The minimum atomic E-state index is -4.84. The van der Waals surface area contributed by atoms with E-state index in [-0.39, 0.29) is 11.9 Å². The summed E-state index contributed by atoms with van der Waals surface area (Å²) in [7, 11) is 0. The molecule has 10 heteroatoms. The summed E-state index contributed by atoms with van der Waals surface area (Å²) in [5.41, 5.74) is 7.77. The minimum Gasteiger partial charge on any atom is -0.402 e. The Hall–Kier alpha value is -2.33. The van der Waals surface area contributed by atoms with Gasteiger partial charge in [0.2, 0.25) is 0 Å². The van der Waals surface area contributed by atoms with Crippen LogP contribution in [0.4, 0.5) is 19.0 Å². The lowest BCUT2D eigenvalue weighted by atomic mass is 10.0. The van der Waals surface area contributed by atoms with E-state index < -0.39 is 12.1 Å².